The van der Waals surface area contributed by atoms with Crippen molar-refractivity contribution in [2.24, 2.45) is 5.73 Å². The number of amides is 1. The Labute approximate surface area is 170 Å². The molecule has 0 spiro atoms. The summed E-state index contributed by atoms with van der Waals surface area (Å²) < 4.78 is 0. The highest BCUT2D eigenvalue weighted by molar-refractivity contribution is 5.98. The number of Topliss-reactive ketones (excluding diaryl/α,β-unsaturated/α-hetero) is 1. The quantitative estimate of drug-likeness (QED) is 0.514. The molecule has 3 aromatic rings. The van der Waals surface area contributed by atoms with Crippen LogP contribution in [0.4, 0.5) is 17.2 Å². The Bertz CT molecular complexity index is 986. The molecule has 148 valence electrons. The summed E-state index contributed by atoms with van der Waals surface area (Å²) in [7, 11) is 0. The molecule has 1 aromatic heterocycles. The standard InChI is InChI=1S/C23H24N4O2/c1-2-19(28)12-16-8-10-18(11-9-16)27-22-13-21(20(15-26-22)23(24)29)25-14-17-6-4-3-5-7-17/h3-11,13,15H,2,12,14H2,1H3,(H2,24,29)(H2,25,26,27). The minimum absolute atomic E-state index is 0.212. The van der Waals surface area contributed by atoms with E-state index in [1.54, 1.807) is 6.07 Å². The number of ketones is 1. The number of anilines is 3. The van der Waals surface area contributed by atoms with Crippen molar-refractivity contribution in [2.75, 3.05) is 10.6 Å². The average Bonchev–Trinajstić information content (AvgIpc) is 2.74. The molecule has 3 rings (SSSR count). The second kappa shape index (κ2) is 9.50. The van der Waals surface area contributed by atoms with Gasteiger partial charge in [-0.05, 0) is 23.3 Å². The van der Waals surface area contributed by atoms with Gasteiger partial charge in [-0.1, -0.05) is 49.4 Å². The number of hydrogen-bond donors (Lipinski definition) is 3. The summed E-state index contributed by atoms with van der Waals surface area (Å²) in [5, 5.41) is 6.47. The molecule has 1 heterocycles. The van der Waals surface area contributed by atoms with Crippen LogP contribution in [0.1, 0.15) is 34.8 Å². The number of benzene rings is 2. The van der Waals surface area contributed by atoms with E-state index >= 15 is 0 Å². The Morgan fingerprint density at radius 2 is 1.72 bits per heavy atom. The van der Waals surface area contributed by atoms with E-state index in [1.165, 1.54) is 6.20 Å². The fourth-order valence-electron chi connectivity index (χ4n) is 2.87. The predicted octanol–water partition coefficient (Wildman–Crippen LogP) is 4.06. The van der Waals surface area contributed by atoms with Gasteiger partial charge in [0.05, 0.1) is 11.3 Å². The van der Waals surface area contributed by atoms with Crippen molar-refractivity contribution in [1.82, 2.24) is 4.98 Å². The molecule has 0 unspecified atom stereocenters. The van der Waals surface area contributed by atoms with Crippen LogP contribution in [0.25, 0.3) is 0 Å². The highest BCUT2D eigenvalue weighted by atomic mass is 16.1. The van der Waals surface area contributed by atoms with Gasteiger partial charge < -0.3 is 16.4 Å². The second-order valence-electron chi connectivity index (χ2n) is 6.71. The zero-order valence-electron chi connectivity index (χ0n) is 16.3. The molecule has 29 heavy (non-hydrogen) atoms. The third-order valence-corrected chi connectivity index (χ3v) is 4.52. The van der Waals surface area contributed by atoms with Crippen LogP contribution in [0.2, 0.25) is 0 Å². The van der Waals surface area contributed by atoms with Crippen LogP contribution < -0.4 is 16.4 Å². The zero-order chi connectivity index (χ0) is 20.6. The Morgan fingerprint density at radius 1 is 1.00 bits per heavy atom. The zero-order valence-corrected chi connectivity index (χ0v) is 16.3. The van der Waals surface area contributed by atoms with E-state index in [0.29, 0.717) is 36.5 Å². The number of carbonyl (C=O) groups excluding carboxylic acids is 2. The lowest BCUT2D eigenvalue weighted by molar-refractivity contribution is -0.118. The number of nitrogens with one attached hydrogen (secondary N) is 2. The van der Waals surface area contributed by atoms with E-state index in [1.807, 2.05) is 61.5 Å². The van der Waals surface area contributed by atoms with Gasteiger partial charge in [-0.25, -0.2) is 4.98 Å². The van der Waals surface area contributed by atoms with Gasteiger partial charge in [-0.2, -0.15) is 0 Å². The molecule has 1 amide bonds. The summed E-state index contributed by atoms with van der Waals surface area (Å²) >= 11 is 0. The molecule has 0 saturated carbocycles. The molecule has 0 bridgehead atoms. The number of hydrogen-bond acceptors (Lipinski definition) is 5. The van der Waals surface area contributed by atoms with Crippen molar-refractivity contribution < 1.29 is 9.59 Å². The lowest BCUT2D eigenvalue weighted by Crippen LogP contribution is -2.15. The first-order valence-corrected chi connectivity index (χ1v) is 9.50. The van der Waals surface area contributed by atoms with Crippen LogP contribution in [-0.2, 0) is 17.8 Å². The normalized spacial score (nSPS) is 10.4. The lowest BCUT2D eigenvalue weighted by Gasteiger charge is -2.13. The highest BCUT2D eigenvalue weighted by Crippen LogP contribution is 2.22. The minimum atomic E-state index is -0.537. The van der Waals surface area contributed by atoms with E-state index in [2.05, 4.69) is 15.6 Å². The van der Waals surface area contributed by atoms with Gasteiger partial charge in [0.2, 0.25) is 0 Å². The molecule has 0 aliphatic heterocycles. The number of nitrogens with zero attached hydrogens (tertiary/aromatic N) is 1. The number of nitrogens with two attached hydrogens (primary N) is 1. The molecular weight excluding hydrogens is 364 g/mol. The Kier molecular flexibility index (Phi) is 6.58. The first-order chi connectivity index (χ1) is 14.0. The van der Waals surface area contributed by atoms with Gasteiger partial charge in [-0.15, -0.1) is 0 Å². The summed E-state index contributed by atoms with van der Waals surface area (Å²) in [5.74, 6) is 0.260. The average molecular weight is 388 g/mol. The first kappa shape index (κ1) is 20.1. The predicted molar refractivity (Wildman–Crippen MR) is 115 cm³/mol. The van der Waals surface area contributed by atoms with Crippen molar-refractivity contribution in [1.29, 1.82) is 0 Å². The number of rotatable bonds is 9. The number of aromatic nitrogens is 1. The van der Waals surface area contributed by atoms with Gasteiger partial charge in [0.1, 0.15) is 11.6 Å². The molecule has 4 N–H and O–H groups in total. The van der Waals surface area contributed by atoms with E-state index < -0.39 is 5.91 Å². The van der Waals surface area contributed by atoms with E-state index in [0.717, 1.165) is 16.8 Å². The number of pyridine rings is 1. The molecule has 0 atom stereocenters. The maximum Gasteiger partial charge on any atom is 0.252 e. The highest BCUT2D eigenvalue weighted by Gasteiger charge is 2.11. The fraction of sp³-hybridized carbons (Fsp3) is 0.174. The van der Waals surface area contributed by atoms with Gasteiger partial charge in [0.15, 0.2) is 0 Å². The van der Waals surface area contributed by atoms with Crippen LogP contribution >= 0.6 is 0 Å². The van der Waals surface area contributed by atoms with Crippen molar-refractivity contribution in [3.63, 3.8) is 0 Å². The topological polar surface area (TPSA) is 97.1 Å². The summed E-state index contributed by atoms with van der Waals surface area (Å²) in [4.78, 5) is 27.6. The second-order valence-corrected chi connectivity index (χ2v) is 6.71. The molecule has 2 aromatic carbocycles. The summed E-state index contributed by atoms with van der Waals surface area (Å²) in [5.41, 5.74) is 9.34. The van der Waals surface area contributed by atoms with Gasteiger partial charge >= 0.3 is 0 Å². The van der Waals surface area contributed by atoms with E-state index in [9.17, 15) is 9.59 Å². The third-order valence-electron chi connectivity index (χ3n) is 4.52. The fourth-order valence-corrected chi connectivity index (χ4v) is 2.87. The third kappa shape index (κ3) is 5.65. The van der Waals surface area contributed by atoms with Crippen LogP contribution in [0.3, 0.4) is 0 Å². The largest absolute Gasteiger partial charge is 0.380 e. The Morgan fingerprint density at radius 3 is 2.38 bits per heavy atom. The van der Waals surface area contributed by atoms with Gasteiger partial charge in [0.25, 0.3) is 5.91 Å². The SMILES string of the molecule is CCC(=O)Cc1ccc(Nc2cc(NCc3ccccc3)c(C(N)=O)cn2)cc1. The monoisotopic (exact) mass is 388 g/mol. The molecule has 0 fully saturated rings. The minimum Gasteiger partial charge on any atom is -0.380 e. The maximum atomic E-state index is 11.7. The maximum absolute atomic E-state index is 11.7. The first-order valence-electron chi connectivity index (χ1n) is 9.50. The lowest BCUT2D eigenvalue weighted by atomic mass is 10.1. The van der Waals surface area contributed by atoms with Crippen LogP contribution in [-0.4, -0.2) is 16.7 Å². The molecule has 0 radical (unpaired) electrons. The summed E-state index contributed by atoms with van der Waals surface area (Å²) in [6.45, 7) is 2.42. The molecule has 6 heteroatoms. The molecule has 0 aliphatic rings. The van der Waals surface area contributed by atoms with E-state index in [-0.39, 0.29) is 5.78 Å². The van der Waals surface area contributed by atoms with Crippen LogP contribution in [0, 0.1) is 0 Å². The summed E-state index contributed by atoms with van der Waals surface area (Å²) in [6.07, 6.45) is 2.44. The van der Waals surface area contributed by atoms with Crippen LogP contribution in [0.15, 0.2) is 66.9 Å². The molecule has 6 nitrogen and oxygen atoms in total. The molecule has 0 saturated heterocycles. The van der Waals surface area contributed by atoms with Crippen molar-refractivity contribution in [3.05, 3.63) is 83.6 Å². The number of carbonyl (C=O) groups is 2. The number of primary amides is 1. The summed E-state index contributed by atoms with van der Waals surface area (Å²) in [6, 6.07) is 19.3. The van der Waals surface area contributed by atoms with Crippen molar-refractivity contribution >= 4 is 28.9 Å². The van der Waals surface area contributed by atoms with E-state index in [4.69, 9.17) is 5.73 Å². The smallest absolute Gasteiger partial charge is 0.252 e. The van der Waals surface area contributed by atoms with Crippen molar-refractivity contribution in [3.8, 4) is 0 Å². The van der Waals surface area contributed by atoms with Gasteiger partial charge in [0, 0.05) is 37.3 Å². The Hall–Kier alpha value is -3.67. The van der Waals surface area contributed by atoms with Crippen molar-refractivity contribution in [2.45, 2.75) is 26.3 Å². The van der Waals surface area contributed by atoms with Crippen LogP contribution in [0.5, 0.6) is 0 Å². The Balaban J connectivity index is 1.74. The molecular formula is C23H24N4O2. The van der Waals surface area contributed by atoms with Gasteiger partial charge in [-0.3, -0.25) is 9.59 Å². The molecule has 0 aliphatic carbocycles.